The van der Waals surface area contributed by atoms with Gasteiger partial charge in [-0.05, 0) is 46.6 Å². The van der Waals surface area contributed by atoms with Crippen LogP contribution in [0.15, 0.2) is 0 Å². The molecule has 4 nitrogen and oxygen atoms in total. The lowest BCUT2D eigenvalue weighted by Gasteiger charge is -2.39. The topological polar surface area (TPSA) is 53.7 Å². The van der Waals surface area contributed by atoms with E-state index in [-0.39, 0.29) is 5.92 Å². The Balaban J connectivity index is 4.68. The summed E-state index contributed by atoms with van der Waals surface area (Å²) >= 11 is 0. The number of rotatable bonds is 17. The molecule has 0 aromatic carbocycles. The Morgan fingerprint density at radius 1 is 0.696 bits per heavy atom. The first-order chi connectivity index (χ1) is 11.2. The van der Waals surface area contributed by atoms with Gasteiger partial charge in [0.25, 0.3) is 5.97 Å². The normalized spacial score (nSPS) is 13.4. The van der Waals surface area contributed by atoms with Gasteiger partial charge in [-0.15, -0.1) is 0 Å². The number of hydrogen-bond donors (Lipinski definition) is 1. The van der Waals surface area contributed by atoms with E-state index in [9.17, 15) is 0 Å². The van der Waals surface area contributed by atoms with Crippen LogP contribution in [0.1, 0.15) is 85.5 Å². The molecule has 23 heavy (non-hydrogen) atoms. The van der Waals surface area contributed by atoms with Crippen LogP contribution in [0.2, 0.25) is 0 Å². The van der Waals surface area contributed by atoms with Gasteiger partial charge in [0, 0.05) is 25.7 Å². The quantitative estimate of drug-likeness (QED) is 0.305. The second-order valence-corrected chi connectivity index (χ2v) is 6.09. The van der Waals surface area contributed by atoms with Gasteiger partial charge in [-0.1, -0.05) is 45.4 Å². The minimum Gasteiger partial charge on any atom is -0.330 e. The van der Waals surface area contributed by atoms with Crippen molar-refractivity contribution >= 4 is 0 Å². The fourth-order valence-electron chi connectivity index (χ4n) is 3.12. The first-order valence-electron chi connectivity index (χ1n) is 9.82. The lowest BCUT2D eigenvalue weighted by atomic mass is 9.92. The summed E-state index contributed by atoms with van der Waals surface area (Å²) in [4.78, 5) is 0. The van der Waals surface area contributed by atoms with Crippen LogP contribution in [0.3, 0.4) is 0 Å². The lowest BCUT2D eigenvalue weighted by molar-refractivity contribution is -0.403. The Morgan fingerprint density at radius 3 is 1.65 bits per heavy atom. The molecule has 0 saturated carbocycles. The highest BCUT2D eigenvalue weighted by atomic mass is 16.9. The minimum atomic E-state index is -0.892. The highest BCUT2D eigenvalue weighted by Crippen LogP contribution is 2.33. The fourth-order valence-corrected chi connectivity index (χ4v) is 3.12. The maximum atomic E-state index is 5.98. The third-order valence-electron chi connectivity index (χ3n) is 4.20. The van der Waals surface area contributed by atoms with E-state index in [0.29, 0.717) is 26.4 Å². The third kappa shape index (κ3) is 9.65. The van der Waals surface area contributed by atoms with E-state index in [1.807, 2.05) is 20.8 Å². The molecule has 0 aliphatic carbocycles. The summed E-state index contributed by atoms with van der Waals surface area (Å²) < 4.78 is 17.9. The zero-order chi connectivity index (χ0) is 17.4. The van der Waals surface area contributed by atoms with E-state index in [1.165, 1.54) is 38.5 Å². The smallest absolute Gasteiger partial charge is 0.285 e. The van der Waals surface area contributed by atoms with Crippen LogP contribution in [0.4, 0.5) is 0 Å². The van der Waals surface area contributed by atoms with Crippen molar-refractivity contribution in [1.82, 2.24) is 0 Å². The Kier molecular flexibility index (Phi) is 15.3. The molecule has 0 aromatic heterocycles. The van der Waals surface area contributed by atoms with E-state index in [4.69, 9.17) is 19.9 Å². The number of nitrogens with two attached hydrogens (primary N) is 1. The van der Waals surface area contributed by atoms with Crippen LogP contribution in [-0.2, 0) is 14.2 Å². The molecule has 1 unspecified atom stereocenters. The summed E-state index contributed by atoms with van der Waals surface area (Å²) in [7, 11) is 0. The molecule has 0 bridgehead atoms. The Hall–Kier alpha value is -0.160. The van der Waals surface area contributed by atoms with Crippen molar-refractivity contribution in [1.29, 1.82) is 0 Å². The summed E-state index contributed by atoms with van der Waals surface area (Å²) in [6, 6.07) is 0. The van der Waals surface area contributed by atoms with Crippen molar-refractivity contribution in [2.45, 2.75) is 91.5 Å². The molecule has 140 valence electrons. The van der Waals surface area contributed by atoms with Crippen molar-refractivity contribution < 1.29 is 14.2 Å². The monoisotopic (exact) mass is 331 g/mol. The molecule has 0 heterocycles. The number of ether oxygens (including phenoxy) is 3. The molecule has 0 amide bonds. The summed E-state index contributed by atoms with van der Waals surface area (Å²) in [6.45, 7) is 10.7. The lowest BCUT2D eigenvalue weighted by Crippen LogP contribution is -2.47. The van der Waals surface area contributed by atoms with Gasteiger partial charge in [0.15, 0.2) is 0 Å². The molecule has 0 aliphatic rings. The molecular formula is C19H41NO3. The Labute approximate surface area is 144 Å². The highest BCUT2D eigenvalue weighted by molar-refractivity contribution is 4.73. The first kappa shape index (κ1) is 22.8. The molecule has 4 heteroatoms. The number of unbranched alkanes of at least 4 members (excludes halogenated alkanes) is 5. The second kappa shape index (κ2) is 15.4. The molecule has 2 N–H and O–H groups in total. The zero-order valence-electron chi connectivity index (χ0n) is 16.1. The fraction of sp³-hybridized carbons (Fsp3) is 1.00. The minimum absolute atomic E-state index is 0.247. The van der Waals surface area contributed by atoms with Crippen LogP contribution in [0.5, 0.6) is 0 Å². The van der Waals surface area contributed by atoms with Gasteiger partial charge in [0.1, 0.15) is 0 Å². The summed E-state index contributed by atoms with van der Waals surface area (Å²) in [5.41, 5.74) is 5.73. The Bertz CT molecular complexity index is 232. The van der Waals surface area contributed by atoms with Crippen molar-refractivity contribution in [2.75, 3.05) is 26.4 Å². The summed E-state index contributed by atoms with van der Waals surface area (Å²) in [5.74, 6) is -0.645. The Morgan fingerprint density at radius 2 is 1.17 bits per heavy atom. The van der Waals surface area contributed by atoms with Crippen molar-refractivity contribution in [3.8, 4) is 0 Å². The molecule has 0 radical (unpaired) electrons. The van der Waals surface area contributed by atoms with E-state index >= 15 is 0 Å². The third-order valence-corrected chi connectivity index (χ3v) is 4.20. The largest absolute Gasteiger partial charge is 0.330 e. The van der Waals surface area contributed by atoms with Gasteiger partial charge in [-0.25, -0.2) is 0 Å². The first-order valence-corrected chi connectivity index (χ1v) is 9.82. The standard InChI is InChI=1S/C19H41NO3/c1-5-9-10-11-12-13-15-18(16-14-17-20)19(21-6-2,22-7-3)23-8-4/h18H,5-17,20H2,1-4H3. The SMILES string of the molecule is CCCCCCCCC(CCCN)C(OCC)(OCC)OCC. The van der Waals surface area contributed by atoms with Gasteiger partial charge < -0.3 is 19.9 Å². The molecule has 0 rings (SSSR count). The van der Waals surface area contributed by atoms with Gasteiger partial charge in [0.05, 0.1) is 0 Å². The predicted molar refractivity (Wildman–Crippen MR) is 97.4 cm³/mol. The molecule has 0 aliphatic heterocycles. The van der Waals surface area contributed by atoms with Gasteiger partial charge >= 0.3 is 0 Å². The van der Waals surface area contributed by atoms with Crippen molar-refractivity contribution in [2.24, 2.45) is 11.7 Å². The average Bonchev–Trinajstić information content (AvgIpc) is 2.54. The van der Waals surface area contributed by atoms with E-state index < -0.39 is 5.97 Å². The van der Waals surface area contributed by atoms with Gasteiger partial charge in [-0.2, -0.15) is 0 Å². The molecule has 0 fully saturated rings. The van der Waals surface area contributed by atoms with Crippen LogP contribution in [0.25, 0.3) is 0 Å². The van der Waals surface area contributed by atoms with Crippen molar-refractivity contribution in [3.05, 3.63) is 0 Å². The van der Waals surface area contributed by atoms with E-state index in [1.54, 1.807) is 0 Å². The molecule has 1 atom stereocenters. The van der Waals surface area contributed by atoms with Crippen LogP contribution < -0.4 is 5.73 Å². The van der Waals surface area contributed by atoms with Crippen LogP contribution in [-0.4, -0.2) is 32.3 Å². The van der Waals surface area contributed by atoms with Crippen LogP contribution >= 0.6 is 0 Å². The highest BCUT2D eigenvalue weighted by Gasteiger charge is 2.41. The zero-order valence-corrected chi connectivity index (χ0v) is 16.1. The molecule has 0 aromatic rings. The van der Waals surface area contributed by atoms with Gasteiger partial charge in [0.2, 0.25) is 0 Å². The van der Waals surface area contributed by atoms with E-state index in [2.05, 4.69) is 6.92 Å². The second-order valence-electron chi connectivity index (χ2n) is 6.09. The van der Waals surface area contributed by atoms with Gasteiger partial charge in [-0.3, -0.25) is 0 Å². The maximum absolute atomic E-state index is 5.98. The number of hydrogen-bond acceptors (Lipinski definition) is 4. The average molecular weight is 332 g/mol. The summed E-state index contributed by atoms with van der Waals surface area (Å²) in [5, 5.41) is 0. The predicted octanol–water partition coefficient (Wildman–Crippen LogP) is 4.86. The van der Waals surface area contributed by atoms with Crippen molar-refractivity contribution in [3.63, 3.8) is 0 Å². The molecule has 0 spiro atoms. The summed E-state index contributed by atoms with van der Waals surface area (Å²) in [6.07, 6.45) is 10.8. The molecular weight excluding hydrogens is 290 g/mol. The maximum Gasteiger partial charge on any atom is 0.285 e. The van der Waals surface area contributed by atoms with Crippen LogP contribution in [0, 0.1) is 5.92 Å². The van der Waals surface area contributed by atoms with E-state index in [0.717, 1.165) is 19.3 Å². The molecule has 0 saturated heterocycles.